The number of carbonyl (C=O) groups is 1. The molecule has 0 saturated heterocycles. The molecule has 0 atom stereocenters. The molecule has 32 heavy (non-hydrogen) atoms. The van der Waals surface area contributed by atoms with E-state index in [1.165, 1.54) is 12.1 Å². The van der Waals surface area contributed by atoms with Crippen LogP contribution in [0.15, 0.2) is 42.5 Å². The minimum absolute atomic E-state index is 0.0858. The van der Waals surface area contributed by atoms with E-state index in [-0.39, 0.29) is 6.42 Å². The number of aryl methyl sites for hydroxylation is 3. The Hall–Kier alpha value is -3.29. The lowest BCUT2D eigenvalue weighted by Crippen LogP contribution is -2.06. The first kappa shape index (κ1) is 23.4. The smallest absolute Gasteiger partial charge is 0.416 e. The Balaban J connectivity index is 1.66. The molecule has 3 aromatic rings. The highest BCUT2D eigenvalue weighted by atomic mass is 19.4. The van der Waals surface area contributed by atoms with Crippen molar-refractivity contribution in [2.24, 2.45) is 0 Å². The van der Waals surface area contributed by atoms with E-state index < -0.39 is 17.7 Å². The van der Waals surface area contributed by atoms with Crippen molar-refractivity contribution >= 4 is 5.97 Å². The number of hydrogen-bond donors (Lipinski definition) is 1. The summed E-state index contributed by atoms with van der Waals surface area (Å²) in [5, 5.41) is 13.3. The van der Waals surface area contributed by atoms with E-state index >= 15 is 0 Å². The predicted molar refractivity (Wildman–Crippen MR) is 114 cm³/mol. The molecule has 0 unspecified atom stereocenters. The molecule has 0 amide bonds. The fourth-order valence-electron chi connectivity index (χ4n) is 3.63. The van der Waals surface area contributed by atoms with Crippen molar-refractivity contribution in [3.05, 3.63) is 76.1 Å². The first-order chi connectivity index (χ1) is 15.1. The molecule has 0 bridgehead atoms. The quantitative estimate of drug-likeness (QED) is 0.499. The molecule has 1 heterocycles. The summed E-state index contributed by atoms with van der Waals surface area (Å²) < 4.78 is 45.9. The van der Waals surface area contributed by atoms with Gasteiger partial charge in [-0.25, -0.2) is 4.68 Å². The molecule has 8 heteroatoms. The van der Waals surface area contributed by atoms with Crippen molar-refractivity contribution in [1.29, 1.82) is 0 Å². The van der Waals surface area contributed by atoms with Gasteiger partial charge in [-0.1, -0.05) is 6.07 Å². The zero-order chi connectivity index (χ0) is 23.5. The van der Waals surface area contributed by atoms with Gasteiger partial charge in [0, 0.05) is 18.5 Å². The summed E-state index contributed by atoms with van der Waals surface area (Å²) >= 11 is 0. The SMILES string of the molecule is Cc1cc(OCCc2c(C)nn(-c3ccc(C(F)(F)F)cc3)c2C)ccc1CCC(=O)O. The lowest BCUT2D eigenvalue weighted by Gasteiger charge is -2.11. The average Bonchev–Trinajstić information content (AvgIpc) is 3.01. The van der Waals surface area contributed by atoms with E-state index in [2.05, 4.69) is 5.10 Å². The molecule has 1 N–H and O–H groups in total. The zero-order valence-electron chi connectivity index (χ0n) is 18.2. The summed E-state index contributed by atoms with van der Waals surface area (Å²) in [6, 6.07) is 10.5. The van der Waals surface area contributed by atoms with Crippen molar-refractivity contribution in [1.82, 2.24) is 9.78 Å². The number of aliphatic carboxylic acids is 1. The highest BCUT2D eigenvalue weighted by Crippen LogP contribution is 2.30. The van der Waals surface area contributed by atoms with Gasteiger partial charge in [0.15, 0.2) is 0 Å². The second-order valence-electron chi connectivity index (χ2n) is 7.69. The number of aromatic nitrogens is 2. The van der Waals surface area contributed by atoms with E-state index in [1.54, 1.807) is 4.68 Å². The third-order valence-electron chi connectivity index (χ3n) is 5.42. The van der Waals surface area contributed by atoms with Gasteiger partial charge in [0.1, 0.15) is 5.75 Å². The van der Waals surface area contributed by atoms with E-state index in [0.29, 0.717) is 30.9 Å². The Bertz CT molecular complexity index is 1100. The number of benzene rings is 2. The number of carboxylic acids is 1. The van der Waals surface area contributed by atoms with Crippen LogP contribution in [-0.2, 0) is 23.8 Å². The maximum Gasteiger partial charge on any atom is 0.416 e. The number of hydrogen-bond acceptors (Lipinski definition) is 3. The monoisotopic (exact) mass is 446 g/mol. The van der Waals surface area contributed by atoms with Gasteiger partial charge in [-0.2, -0.15) is 18.3 Å². The summed E-state index contributed by atoms with van der Waals surface area (Å²) in [4.78, 5) is 10.8. The van der Waals surface area contributed by atoms with Gasteiger partial charge in [-0.05, 0) is 80.3 Å². The Morgan fingerprint density at radius 3 is 2.34 bits per heavy atom. The lowest BCUT2D eigenvalue weighted by atomic mass is 10.0. The number of halogens is 3. The fourth-order valence-corrected chi connectivity index (χ4v) is 3.63. The minimum Gasteiger partial charge on any atom is -0.493 e. The second kappa shape index (κ2) is 9.46. The van der Waals surface area contributed by atoms with Crippen LogP contribution in [0.1, 0.15) is 40.1 Å². The van der Waals surface area contributed by atoms with Crippen LogP contribution >= 0.6 is 0 Å². The molecule has 3 rings (SSSR count). The van der Waals surface area contributed by atoms with Gasteiger partial charge in [0.2, 0.25) is 0 Å². The van der Waals surface area contributed by atoms with Gasteiger partial charge < -0.3 is 9.84 Å². The average molecular weight is 446 g/mol. The second-order valence-corrected chi connectivity index (χ2v) is 7.69. The Morgan fingerprint density at radius 2 is 1.75 bits per heavy atom. The van der Waals surface area contributed by atoms with Crippen LogP contribution < -0.4 is 4.74 Å². The Labute approximate surface area is 184 Å². The van der Waals surface area contributed by atoms with Crippen LogP contribution in [0.2, 0.25) is 0 Å². The molecule has 0 aliphatic carbocycles. The van der Waals surface area contributed by atoms with Crippen molar-refractivity contribution in [2.75, 3.05) is 6.61 Å². The van der Waals surface area contributed by atoms with E-state index in [1.807, 2.05) is 39.0 Å². The van der Waals surface area contributed by atoms with E-state index in [9.17, 15) is 18.0 Å². The van der Waals surface area contributed by atoms with E-state index in [4.69, 9.17) is 9.84 Å². The summed E-state index contributed by atoms with van der Waals surface area (Å²) in [5.41, 5.74) is 4.46. The predicted octanol–water partition coefficient (Wildman–Crippen LogP) is 5.46. The van der Waals surface area contributed by atoms with Gasteiger partial charge in [0.05, 0.1) is 23.6 Å². The zero-order valence-corrected chi connectivity index (χ0v) is 18.2. The fraction of sp³-hybridized carbons (Fsp3) is 0.333. The molecular formula is C24H25F3N2O3. The minimum atomic E-state index is -4.37. The third-order valence-corrected chi connectivity index (χ3v) is 5.42. The van der Waals surface area contributed by atoms with Crippen molar-refractivity contribution in [2.45, 2.75) is 46.2 Å². The lowest BCUT2D eigenvalue weighted by molar-refractivity contribution is -0.138. The molecule has 0 radical (unpaired) electrons. The van der Waals surface area contributed by atoms with Crippen molar-refractivity contribution in [3.63, 3.8) is 0 Å². The summed E-state index contributed by atoms with van der Waals surface area (Å²) in [7, 11) is 0. The number of alkyl halides is 3. The molecule has 0 saturated carbocycles. The number of carboxylic acid groups (broad SMARTS) is 1. The summed E-state index contributed by atoms with van der Waals surface area (Å²) in [5.74, 6) is -0.126. The number of ether oxygens (including phenoxy) is 1. The standard InChI is InChI=1S/C24H25F3N2O3/c1-15-14-21(10-4-18(15)5-11-23(30)31)32-13-12-22-16(2)28-29(17(22)3)20-8-6-19(7-9-20)24(25,26)27/h4,6-10,14H,5,11-13H2,1-3H3,(H,30,31). The molecule has 0 fully saturated rings. The van der Waals surface area contributed by atoms with Crippen LogP contribution in [-0.4, -0.2) is 27.5 Å². The number of rotatable bonds is 8. The highest BCUT2D eigenvalue weighted by molar-refractivity contribution is 5.67. The van der Waals surface area contributed by atoms with Crippen LogP contribution in [0.5, 0.6) is 5.75 Å². The Kier molecular flexibility index (Phi) is 6.91. The van der Waals surface area contributed by atoms with Crippen LogP contribution in [0, 0.1) is 20.8 Å². The van der Waals surface area contributed by atoms with Gasteiger partial charge in [-0.3, -0.25) is 4.79 Å². The topological polar surface area (TPSA) is 64.4 Å². The molecule has 2 aromatic carbocycles. The first-order valence-corrected chi connectivity index (χ1v) is 10.2. The molecule has 0 aliphatic heterocycles. The van der Waals surface area contributed by atoms with Gasteiger partial charge in [-0.15, -0.1) is 0 Å². The van der Waals surface area contributed by atoms with Crippen molar-refractivity contribution in [3.8, 4) is 11.4 Å². The van der Waals surface area contributed by atoms with Crippen molar-refractivity contribution < 1.29 is 27.8 Å². The molecule has 0 spiro atoms. The van der Waals surface area contributed by atoms with Crippen LogP contribution in [0.25, 0.3) is 5.69 Å². The van der Waals surface area contributed by atoms with Gasteiger partial charge >= 0.3 is 12.1 Å². The normalized spacial score (nSPS) is 11.6. The van der Waals surface area contributed by atoms with Crippen LogP contribution in [0.3, 0.4) is 0 Å². The maximum atomic E-state index is 12.8. The van der Waals surface area contributed by atoms with Crippen LogP contribution in [0.4, 0.5) is 13.2 Å². The molecule has 1 aromatic heterocycles. The molecular weight excluding hydrogens is 421 g/mol. The van der Waals surface area contributed by atoms with Gasteiger partial charge in [0.25, 0.3) is 0 Å². The Morgan fingerprint density at radius 1 is 1.06 bits per heavy atom. The van der Waals surface area contributed by atoms with E-state index in [0.717, 1.165) is 40.2 Å². The summed E-state index contributed by atoms with van der Waals surface area (Å²) in [6.45, 7) is 6.08. The highest BCUT2D eigenvalue weighted by Gasteiger charge is 2.30. The first-order valence-electron chi connectivity index (χ1n) is 10.2. The molecule has 0 aliphatic rings. The number of nitrogens with zero attached hydrogens (tertiary/aromatic N) is 2. The molecule has 5 nitrogen and oxygen atoms in total. The third kappa shape index (κ3) is 5.49. The summed E-state index contributed by atoms with van der Waals surface area (Å²) in [6.07, 6.45) is -3.22. The maximum absolute atomic E-state index is 12.8. The molecule has 170 valence electrons. The largest absolute Gasteiger partial charge is 0.493 e.